The number of rotatable bonds is 6. The summed E-state index contributed by atoms with van der Waals surface area (Å²) in [5, 5.41) is 4.16. The van der Waals surface area contributed by atoms with E-state index in [0.717, 1.165) is 22.4 Å². The summed E-state index contributed by atoms with van der Waals surface area (Å²) < 4.78 is 7.74. The molecule has 1 fully saturated rings. The molecule has 148 valence electrons. The Balaban J connectivity index is 1.56. The molecule has 1 unspecified atom stereocenters. The fourth-order valence-electron chi connectivity index (χ4n) is 3.65. The van der Waals surface area contributed by atoms with Crippen molar-refractivity contribution >= 4 is 11.8 Å². The number of amides is 2. The lowest BCUT2D eigenvalue weighted by Crippen LogP contribution is -2.38. The second-order valence-electron chi connectivity index (χ2n) is 7.36. The number of nitrogens with two attached hydrogens (primary N) is 2. The highest BCUT2D eigenvalue weighted by Gasteiger charge is 2.64. The molecule has 8 heteroatoms. The molecule has 0 radical (unpaired) electrons. The molecule has 1 aliphatic rings. The summed E-state index contributed by atoms with van der Waals surface area (Å²) in [6.45, 7) is 1.90. The highest BCUT2D eigenvalue weighted by molar-refractivity contribution is 6.08. The predicted molar refractivity (Wildman–Crippen MR) is 106 cm³/mol. The van der Waals surface area contributed by atoms with Crippen molar-refractivity contribution in [2.24, 2.45) is 23.9 Å². The molecule has 4 rings (SSSR count). The van der Waals surface area contributed by atoms with Crippen LogP contribution < -0.4 is 16.2 Å². The van der Waals surface area contributed by atoms with Gasteiger partial charge >= 0.3 is 0 Å². The monoisotopic (exact) mass is 391 g/mol. The first-order valence-electron chi connectivity index (χ1n) is 9.14. The molecule has 2 amide bonds. The van der Waals surface area contributed by atoms with E-state index < -0.39 is 17.2 Å². The van der Waals surface area contributed by atoms with E-state index in [4.69, 9.17) is 16.2 Å². The van der Waals surface area contributed by atoms with Gasteiger partial charge in [-0.3, -0.25) is 19.3 Å². The van der Waals surface area contributed by atoms with Crippen molar-refractivity contribution in [2.75, 3.05) is 0 Å². The van der Waals surface area contributed by atoms with Crippen molar-refractivity contribution < 1.29 is 14.3 Å². The number of aryl methyl sites for hydroxylation is 2. The van der Waals surface area contributed by atoms with E-state index in [0.29, 0.717) is 17.9 Å². The van der Waals surface area contributed by atoms with Crippen LogP contribution in [0.2, 0.25) is 0 Å². The van der Waals surface area contributed by atoms with Crippen LogP contribution in [0.4, 0.5) is 0 Å². The van der Waals surface area contributed by atoms with Gasteiger partial charge in [-0.15, -0.1) is 0 Å². The summed E-state index contributed by atoms with van der Waals surface area (Å²) in [5.74, 6) is -0.324. The maximum Gasteiger partial charge on any atom is 0.233 e. The number of hydrogen-bond acceptors (Lipinski definition) is 5. The Morgan fingerprint density at radius 3 is 2.55 bits per heavy atom. The van der Waals surface area contributed by atoms with Gasteiger partial charge in [-0.25, -0.2) is 0 Å². The van der Waals surface area contributed by atoms with E-state index in [9.17, 15) is 9.59 Å². The molecular weight excluding hydrogens is 370 g/mol. The molecule has 2 aromatic heterocycles. The molecule has 2 heterocycles. The third-order valence-electron chi connectivity index (χ3n) is 5.40. The van der Waals surface area contributed by atoms with E-state index in [1.165, 1.54) is 0 Å². The van der Waals surface area contributed by atoms with Gasteiger partial charge in [-0.05, 0) is 36.6 Å². The van der Waals surface area contributed by atoms with Gasteiger partial charge < -0.3 is 16.2 Å². The Labute approximate surface area is 167 Å². The van der Waals surface area contributed by atoms with E-state index in [1.807, 2.05) is 44.4 Å². The summed E-state index contributed by atoms with van der Waals surface area (Å²) in [6, 6.07) is 9.18. The molecule has 4 N–H and O–H groups in total. The van der Waals surface area contributed by atoms with E-state index in [2.05, 4.69) is 10.1 Å². The second kappa shape index (κ2) is 6.73. The number of ether oxygens (including phenoxy) is 1. The average Bonchev–Trinajstić information content (AvgIpc) is 3.32. The Morgan fingerprint density at radius 1 is 1.21 bits per heavy atom. The minimum Gasteiger partial charge on any atom is -0.457 e. The van der Waals surface area contributed by atoms with Crippen LogP contribution in [0.1, 0.15) is 23.5 Å². The first-order valence-corrected chi connectivity index (χ1v) is 9.14. The average molecular weight is 391 g/mol. The van der Waals surface area contributed by atoms with Gasteiger partial charge in [0.25, 0.3) is 0 Å². The molecule has 1 aromatic carbocycles. The SMILES string of the molecule is Cc1cc(C2CC2(C(N)=O)C(N)=O)ccc1Oc1ccnc(-c2cnn(C)c2)c1. The highest BCUT2D eigenvalue weighted by atomic mass is 16.5. The topological polar surface area (TPSA) is 126 Å². The molecule has 3 aromatic rings. The summed E-state index contributed by atoms with van der Waals surface area (Å²) >= 11 is 0. The molecule has 8 nitrogen and oxygen atoms in total. The van der Waals surface area contributed by atoms with Crippen LogP contribution in [0, 0.1) is 12.3 Å². The lowest BCUT2D eigenvalue weighted by Gasteiger charge is -2.13. The number of primary amides is 2. The van der Waals surface area contributed by atoms with Crippen LogP contribution in [-0.2, 0) is 16.6 Å². The Hall–Kier alpha value is -3.68. The lowest BCUT2D eigenvalue weighted by atomic mass is 9.96. The van der Waals surface area contributed by atoms with Crippen molar-refractivity contribution in [3.8, 4) is 22.8 Å². The third-order valence-corrected chi connectivity index (χ3v) is 5.40. The van der Waals surface area contributed by atoms with Crippen molar-refractivity contribution in [3.05, 3.63) is 60.0 Å². The maximum atomic E-state index is 11.7. The number of carbonyl (C=O) groups excluding carboxylic acids is 2. The summed E-state index contributed by atoms with van der Waals surface area (Å²) in [5.41, 5.74) is 12.9. The van der Waals surface area contributed by atoms with Crippen molar-refractivity contribution in [1.82, 2.24) is 14.8 Å². The first-order chi connectivity index (χ1) is 13.8. The third kappa shape index (κ3) is 3.22. The quantitative estimate of drug-likeness (QED) is 0.622. The number of benzene rings is 1. The van der Waals surface area contributed by atoms with Crippen LogP contribution in [-0.4, -0.2) is 26.6 Å². The van der Waals surface area contributed by atoms with E-state index in [-0.39, 0.29) is 5.92 Å². The minimum absolute atomic E-state index is 0.289. The molecule has 0 bridgehead atoms. The van der Waals surface area contributed by atoms with Crippen LogP contribution in [0.25, 0.3) is 11.3 Å². The largest absolute Gasteiger partial charge is 0.457 e. The summed E-state index contributed by atoms with van der Waals surface area (Å²) in [6.07, 6.45) is 5.65. The zero-order valence-corrected chi connectivity index (χ0v) is 16.1. The van der Waals surface area contributed by atoms with Gasteiger partial charge in [0.15, 0.2) is 0 Å². The Kier molecular flexibility index (Phi) is 4.34. The standard InChI is InChI=1S/C21H21N5O3/c1-12-7-13(16-9-21(16,19(22)27)20(23)28)3-4-18(12)29-15-5-6-24-17(8-15)14-10-25-26(2)11-14/h3-8,10-11,16H,9H2,1-2H3,(H2,22,27)(H2,23,28). The fourth-order valence-corrected chi connectivity index (χ4v) is 3.65. The molecule has 0 saturated heterocycles. The second-order valence-corrected chi connectivity index (χ2v) is 7.36. The Morgan fingerprint density at radius 2 is 1.97 bits per heavy atom. The van der Waals surface area contributed by atoms with Crippen molar-refractivity contribution in [1.29, 1.82) is 0 Å². The normalized spacial score (nSPS) is 17.0. The molecule has 1 atom stereocenters. The predicted octanol–water partition coefficient (Wildman–Crippen LogP) is 2.03. The van der Waals surface area contributed by atoms with Crippen LogP contribution in [0.5, 0.6) is 11.5 Å². The number of carbonyl (C=O) groups is 2. The number of pyridine rings is 1. The molecular formula is C21H21N5O3. The van der Waals surface area contributed by atoms with Gasteiger partial charge in [-0.1, -0.05) is 12.1 Å². The highest BCUT2D eigenvalue weighted by Crippen LogP contribution is 2.59. The Bertz CT molecular complexity index is 1110. The number of hydrogen-bond donors (Lipinski definition) is 2. The van der Waals surface area contributed by atoms with Gasteiger partial charge in [0.1, 0.15) is 16.9 Å². The summed E-state index contributed by atoms with van der Waals surface area (Å²) in [4.78, 5) is 27.8. The van der Waals surface area contributed by atoms with E-state index >= 15 is 0 Å². The number of nitrogens with zero attached hydrogens (tertiary/aromatic N) is 3. The molecule has 0 aliphatic heterocycles. The maximum absolute atomic E-state index is 11.7. The first kappa shape index (κ1) is 18.7. The van der Waals surface area contributed by atoms with Crippen molar-refractivity contribution in [3.63, 3.8) is 0 Å². The van der Waals surface area contributed by atoms with Crippen molar-refractivity contribution in [2.45, 2.75) is 19.3 Å². The van der Waals surface area contributed by atoms with Crippen LogP contribution >= 0.6 is 0 Å². The minimum atomic E-state index is -1.28. The zero-order chi connectivity index (χ0) is 20.8. The van der Waals surface area contributed by atoms with Crippen LogP contribution in [0.3, 0.4) is 0 Å². The summed E-state index contributed by atoms with van der Waals surface area (Å²) in [7, 11) is 1.85. The zero-order valence-electron chi connectivity index (χ0n) is 16.1. The fraction of sp³-hybridized carbons (Fsp3) is 0.238. The molecule has 0 spiro atoms. The molecule has 1 saturated carbocycles. The lowest BCUT2D eigenvalue weighted by molar-refractivity contribution is -0.133. The van der Waals surface area contributed by atoms with Crippen LogP contribution in [0.15, 0.2) is 48.9 Å². The van der Waals surface area contributed by atoms with Gasteiger partial charge in [-0.2, -0.15) is 5.10 Å². The van der Waals surface area contributed by atoms with Gasteiger partial charge in [0.05, 0.1) is 11.9 Å². The number of aromatic nitrogens is 3. The van der Waals surface area contributed by atoms with Gasteiger partial charge in [0, 0.05) is 37.0 Å². The molecule has 29 heavy (non-hydrogen) atoms. The molecule has 1 aliphatic carbocycles. The van der Waals surface area contributed by atoms with Gasteiger partial charge in [0.2, 0.25) is 11.8 Å². The smallest absolute Gasteiger partial charge is 0.233 e. The van der Waals surface area contributed by atoms with E-state index in [1.54, 1.807) is 23.1 Å².